The van der Waals surface area contributed by atoms with Gasteiger partial charge < -0.3 is 10.1 Å². The first-order valence-electron chi connectivity index (χ1n) is 11.6. The lowest BCUT2D eigenvalue weighted by Crippen LogP contribution is -2.14. The molecular formula is C28H31N5O2. The summed E-state index contributed by atoms with van der Waals surface area (Å²) in [4.78, 5) is 21.6. The quantitative estimate of drug-likeness (QED) is 0.374. The molecule has 2 heterocycles. The number of hydrogen-bond acceptors (Lipinski definition) is 5. The van der Waals surface area contributed by atoms with Crippen LogP contribution in [-0.2, 0) is 5.41 Å². The molecule has 0 aliphatic rings. The van der Waals surface area contributed by atoms with Crippen LogP contribution in [0.2, 0.25) is 0 Å². The van der Waals surface area contributed by atoms with Crippen molar-refractivity contribution in [1.29, 1.82) is 0 Å². The van der Waals surface area contributed by atoms with Crippen molar-refractivity contribution in [3.8, 4) is 17.4 Å². The highest BCUT2D eigenvalue weighted by molar-refractivity contribution is 6.04. The number of hydrogen-bond donors (Lipinski definition) is 1. The summed E-state index contributed by atoms with van der Waals surface area (Å²) < 4.78 is 7.79. The average molecular weight is 470 g/mol. The van der Waals surface area contributed by atoms with Crippen molar-refractivity contribution in [3.05, 3.63) is 88.5 Å². The molecule has 0 saturated heterocycles. The van der Waals surface area contributed by atoms with Gasteiger partial charge in [-0.2, -0.15) is 10.1 Å². The second kappa shape index (κ2) is 9.33. The van der Waals surface area contributed by atoms with Crippen molar-refractivity contribution in [1.82, 2.24) is 19.7 Å². The van der Waals surface area contributed by atoms with Crippen LogP contribution in [0.4, 0.5) is 5.69 Å². The Balaban J connectivity index is 1.46. The van der Waals surface area contributed by atoms with Gasteiger partial charge >= 0.3 is 0 Å². The lowest BCUT2D eigenvalue weighted by atomic mass is 9.87. The Labute approximate surface area is 206 Å². The number of ether oxygens (including phenoxy) is 1. The highest BCUT2D eigenvalue weighted by atomic mass is 16.5. The zero-order valence-electron chi connectivity index (χ0n) is 21.3. The summed E-state index contributed by atoms with van der Waals surface area (Å²) in [6.07, 6.45) is 0. The number of anilines is 1. The minimum Gasteiger partial charge on any atom is -0.439 e. The van der Waals surface area contributed by atoms with Crippen molar-refractivity contribution in [2.24, 2.45) is 0 Å². The third-order valence-corrected chi connectivity index (χ3v) is 6.02. The number of nitrogens with zero attached hydrogens (tertiary/aromatic N) is 4. The summed E-state index contributed by atoms with van der Waals surface area (Å²) in [6.45, 7) is 14.3. The van der Waals surface area contributed by atoms with E-state index in [1.807, 2.05) is 52.0 Å². The molecule has 0 spiro atoms. The number of aromatic nitrogens is 4. The first-order chi connectivity index (χ1) is 16.5. The maximum Gasteiger partial charge on any atom is 0.255 e. The lowest BCUT2D eigenvalue weighted by molar-refractivity contribution is 0.102. The fraction of sp³-hybridized carbons (Fsp3) is 0.286. The number of nitrogens with one attached hydrogen (secondary N) is 1. The smallest absolute Gasteiger partial charge is 0.255 e. The van der Waals surface area contributed by atoms with E-state index in [0.717, 1.165) is 17.0 Å². The maximum atomic E-state index is 12.6. The van der Waals surface area contributed by atoms with Gasteiger partial charge in [-0.3, -0.25) is 4.79 Å². The van der Waals surface area contributed by atoms with E-state index in [-0.39, 0.29) is 11.3 Å². The number of carbonyl (C=O) groups is 1. The Hall–Kier alpha value is -4.00. The fourth-order valence-electron chi connectivity index (χ4n) is 3.68. The maximum absolute atomic E-state index is 12.6. The summed E-state index contributed by atoms with van der Waals surface area (Å²) in [5.74, 6) is 2.11. The molecule has 0 aliphatic carbocycles. The van der Waals surface area contributed by atoms with Crippen LogP contribution in [0.15, 0.2) is 54.6 Å². The Bertz CT molecular complexity index is 1360. The van der Waals surface area contributed by atoms with E-state index in [9.17, 15) is 4.79 Å². The average Bonchev–Trinajstić information content (AvgIpc) is 3.07. The van der Waals surface area contributed by atoms with Crippen molar-refractivity contribution in [3.63, 3.8) is 0 Å². The highest BCUT2D eigenvalue weighted by Crippen LogP contribution is 2.25. The summed E-state index contributed by atoms with van der Waals surface area (Å²) in [7, 11) is 0. The third kappa shape index (κ3) is 5.40. The topological polar surface area (TPSA) is 81.9 Å². The van der Waals surface area contributed by atoms with Gasteiger partial charge in [0.25, 0.3) is 5.91 Å². The van der Waals surface area contributed by atoms with Gasteiger partial charge in [-0.15, -0.1) is 0 Å². The normalized spacial score (nSPS) is 11.4. The predicted molar refractivity (Wildman–Crippen MR) is 138 cm³/mol. The number of benzene rings is 2. The van der Waals surface area contributed by atoms with Gasteiger partial charge in [-0.05, 0) is 80.6 Å². The minimum atomic E-state index is -0.157. The zero-order chi connectivity index (χ0) is 25.3. The molecule has 180 valence electrons. The van der Waals surface area contributed by atoms with Crippen molar-refractivity contribution < 1.29 is 9.53 Å². The van der Waals surface area contributed by atoms with Crippen LogP contribution in [0.3, 0.4) is 0 Å². The highest BCUT2D eigenvalue weighted by Gasteiger charge is 2.15. The number of amides is 1. The molecule has 2 aromatic carbocycles. The predicted octanol–water partition coefficient (Wildman–Crippen LogP) is 6.24. The second-order valence-electron chi connectivity index (χ2n) is 9.73. The zero-order valence-corrected chi connectivity index (χ0v) is 21.3. The van der Waals surface area contributed by atoms with E-state index in [1.54, 1.807) is 35.0 Å². The SMILES string of the molecule is Cc1nc(Oc2ccc(NC(=O)c3ccc(C(C)(C)C)cc3)cc2)cc(-n2nc(C)c(C)c2C)n1. The number of rotatable bonds is 5. The third-order valence-electron chi connectivity index (χ3n) is 6.02. The van der Waals surface area contributed by atoms with Crippen LogP contribution in [0, 0.1) is 27.7 Å². The standard InChI is InChI=1S/C28H31N5O2/c1-17-18(2)32-33(19(17)3)25-16-26(30-20(4)29-25)35-24-14-12-23(13-15-24)31-27(34)21-8-10-22(11-9-21)28(5,6)7/h8-16H,1-7H3,(H,31,34). The summed E-state index contributed by atoms with van der Waals surface area (Å²) >= 11 is 0. The van der Waals surface area contributed by atoms with Crippen LogP contribution in [0.5, 0.6) is 11.6 Å². The van der Waals surface area contributed by atoms with Gasteiger partial charge in [0.15, 0.2) is 5.82 Å². The van der Waals surface area contributed by atoms with Gasteiger partial charge in [-0.25, -0.2) is 9.67 Å². The Kier molecular flexibility index (Phi) is 6.43. The molecule has 7 nitrogen and oxygen atoms in total. The molecule has 2 aromatic heterocycles. The molecular weight excluding hydrogens is 438 g/mol. The monoisotopic (exact) mass is 469 g/mol. The van der Waals surface area contributed by atoms with E-state index < -0.39 is 0 Å². The van der Waals surface area contributed by atoms with Crippen molar-refractivity contribution >= 4 is 11.6 Å². The Morgan fingerprint density at radius 3 is 2.14 bits per heavy atom. The summed E-state index contributed by atoms with van der Waals surface area (Å²) in [6, 6.07) is 16.7. The van der Waals surface area contributed by atoms with E-state index >= 15 is 0 Å². The van der Waals surface area contributed by atoms with Crippen LogP contribution in [0.25, 0.3) is 5.82 Å². The molecule has 4 aromatic rings. The van der Waals surface area contributed by atoms with Crippen LogP contribution in [0.1, 0.15) is 59.5 Å². The molecule has 35 heavy (non-hydrogen) atoms. The van der Waals surface area contributed by atoms with Gasteiger partial charge in [-0.1, -0.05) is 32.9 Å². The van der Waals surface area contributed by atoms with Crippen LogP contribution in [-0.4, -0.2) is 25.7 Å². The molecule has 4 rings (SSSR count). The van der Waals surface area contributed by atoms with E-state index in [1.165, 1.54) is 5.56 Å². The first kappa shape index (κ1) is 24.1. The van der Waals surface area contributed by atoms with E-state index in [0.29, 0.717) is 34.5 Å². The fourth-order valence-corrected chi connectivity index (χ4v) is 3.68. The van der Waals surface area contributed by atoms with Gasteiger partial charge in [0.05, 0.1) is 5.69 Å². The molecule has 0 saturated carbocycles. The minimum absolute atomic E-state index is 0.0446. The molecule has 7 heteroatoms. The van der Waals surface area contributed by atoms with Crippen LogP contribution < -0.4 is 10.1 Å². The molecule has 1 amide bonds. The summed E-state index contributed by atoms with van der Waals surface area (Å²) in [5.41, 5.74) is 5.65. The van der Waals surface area contributed by atoms with Crippen molar-refractivity contribution in [2.75, 3.05) is 5.32 Å². The number of aryl methyl sites for hydroxylation is 2. The lowest BCUT2D eigenvalue weighted by Gasteiger charge is -2.19. The van der Waals surface area contributed by atoms with E-state index in [2.05, 4.69) is 41.2 Å². The second-order valence-corrected chi connectivity index (χ2v) is 9.73. The Morgan fingerprint density at radius 1 is 0.914 bits per heavy atom. The molecule has 0 bridgehead atoms. The number of carbonyl (C=O) groups excluding carboxylic acids is 1. The molecule has 0 unspecified atom stereocenters. The van der Waals surface area contributed by atoms with Crippen molar-refractivity contribution in [2.45, 2.75) is 53.9 Å². The first-order valence-corrected chi connectivity index (χ1v) is 11.6. The molecule has 0 radical (unpaired) electrons. The van der Waals surface area contributed by atoms with Gasteiger partial charge in [0.2, 0.25) is 5.88 Å². The Morgan fingerprint density at radius 2 is 1.57 bits per heavy atom. The molecule has 0 fully saturated rings. The molecule has 1 N–H and O–H groups in total. The summed E-state index contributed by atoms with van der Waals surface area (Å²) in [5, 5.41) is 7.51. The van der Waals surface area contributed by atoms with Gasteiger partial charge in [0.1, 0.15) is 11.6 Å². The largest absolute Gasteiger partial charge is 0.439 e. The van der Waals surface area contributed by atoms with E-state index in [4.69, 9.17) is 4.74 Å². The molecule has 0 aliphatic heterocycles. The van der Waals surface area contributed by atoms with Gasteiger partial charge in [0, 0.05) is 23.0 Å². The molecule has 0 atom stereocenters. The van der Waals surface area contributed by atoms with Crippen LogP contribution >= 0.6 is 0 Å².